The van der Waals surface area contributed by atoms with Crippen LogP contribution in [0.2, 0.25) is 10.0 Å². The van der Waals surface area contributed by atoms with Crippen LogP contribution < -0.4 is 10.7 Å². The summed E-state index contributed by atoms with van der Waals surface area (Å²) in [4.78, 5) is 24.2. The molecule has 0 saturated carbocycles. The number of nitrogens with zero attached hydrogens (tertiary/aromatic N) is 2. The molecule has 12 heteroatoms. The van der Waals surface area contributed by atoms with E-state index in [0.717, 1.165) is 16.7 Å². The lowest BCUT2D eigenvalue weighted by atomic mass is 10.2. The van der Waals surface area contributed by atoms with Crippen LogP contribution in [0.5, 0.6) is 0 Å². The van der Waals surface area contributed by atoms with Crippen molar-refractivity contribution in [3.8, 4) is 0 Å². The van der Waals surface area contributed by atoms with Crippen molar-refractivity contribution in [3.63, 3.8) is 0 Å². The molecule has 0 bridgehead atoms. The van der Waals surface area contributed by atoms with E-state index in [-0.39, 0.29) is 30.3 Å². The highest BCUT2D eigenvalue weighted by Gasteiger charge is 2.26. The first-order chi connectivity index (χ1) is 19.6. The van der Waals surface area contributed by atoms with Crippen LogP contribution in [-0.4, -0.2) is 30.8 Å². The number of rotatable bonds is 10. The number of nitrogens with one attached hydrogen (secondary N) is 2. The number of hydrogen-bond acceptors (Lipinski definition) is 6. The van der Waals surface area contributed by atoms with Crippen LogP contribution in [0.4, 0.5) is 0 Å². The van der Waals surface area contributed by atoms with Crippen LogP contribution in [0.25, 0.3) is 0 Å². The summed E-state index contributed by atoms with van der Waals surface area (Å²) < 4.78 is 34.1. The Bertz CT molecular complexity index is 1640. The summed E-state index contributed by atoms with van der Waals surface area (Å²) in [6, 6.07) is 23.5. The minimum absolute atomic E-state index is 0.0634. The van der Waals surface area contributed by atoms with E-state index in [9.17, 15) is 18.0 Å². The quantitative estimate of drug-likeness (QED) is 0.147. The molecular formula is C29H26Cl2N4O5S. The molecule has 0 aliphatic carbocycles. The van der Waals surface area contributed by atoms with E-state index in [0.29, 0.717) is 15.8 Å². The summed E-state index contributed by atoms with van der Waals surface area (Å²) in [6.45, 7) is 2.04. The number of hydrogen-bond donors (Lipinski definition) is 2. The van der Waals surface area contributed by atoms with Gasteiger partial charge in [-0.2, -0.15) is 9.41 Å². The molecule has 1 aromatic heterocycles. The van der Waals surface area contributed by atoms with Gasteiger partial charge >= 0.3 is 11.8 Å². The second-order valence-electron chi connectivity index (χ2n) is 9.02. The van der Waals surface area contributed by atoms with Crippen molar-refractivity contribution >= 4 is 51.3 Å². The number of halogens is 2. The maximum Gasteiger partial charge on any atom is 0.329 e. The molecule has 9 nitrogen and oxygen atoms in total. The first kappa shape index (κ1) is 30.0. The fraction of sp³-hybridized carbons (Fsp3) is 0.138. The SMILES string of the molecule is Cc1ccc(S(=O)(=O)N(Cc2ccc(Cl)cc2)Cc2ccc(/C=N/NC(=O)C(=O)NCc3ccc(Cl)cc3)o2)cc1. The molecule has 2 amide bonds. The lowest BCUT2D eigenvalue weighted by Gasteiger charge is -2.21. The standard InChI is InChI=1S/C29H26Cl2N4O5S/c1-20-2-14-27(15-3-20)41(38,39)35(18-22-6-10-24(31)11-7-22)19-26-13-12-25(40-26)17-33-34-29(37)28(36)32-16-21-4-8-23(30)9-5-21/h2-15,17H,16,18-19H2,1H3,(H,32,36)(H,34,37)/b33-17+. The van der Waals surface area contributed by atoms with Gasteiger partial charge in [0.25, 0.3) is 0 Å². The Morgan fingerprint density at radius 2 is 1.44 bits per heavy atom. The number of aryl methyl sites for hydroxylation is 1. The number of carbonyl (C=O) groups excluding carboxylic acids is 2. The summed E-state index contributed by atoms with van der Waals surface area (Å²) in [5, 5.41) is 7.36. The normalized spacial score (nSPS) is 11.6. The van der Waals surface area contributed by atoms with Gasteiger partial charge in [0.05, 0.1) is 17.7 Å². The predicted molar refractivity (Wildman–Crippen MR) is 157 cm³/mol. The molecule has 212 valence electrons. The molecule has 2 N–H and O–H groups in total. The van der Waals surface area contributed by atoms with Crippen LogP contribution >= 0.6 is 23.2 Å². The number of hydrazone groups is 1. The molecule has 1 heterocycles. The van der Waals surface area contributed by atoms with Crippen molar-refractivity contribution in [2.75, 3.05) is 0 Å². The zero-order valence-corrected chi connectivity index (χ0v) is 24.2. The fourth-order valence-corrected chi connectivity index (χ4v) is 5.32. The van der Waals surface area contributed by atoms with Gasteiger partial charge < -0.3 is 9.73 Å². The van der Waals surface area contributed by atoms with Crippen molar-refractivity contribution in [2.24, 2.45) is 5.10 Å². The Morgan fingerprint density at radius 1 is 0.829 bits per heavy atom. The summed E-state index contributed by atoms with van der Waals surface area (Å²) in [7, 11) is -3.88. The van der Waals surface area contributed by atoms with Crippen molar-refractivity contribution in [2.45, 2.75) is 31.5 Å². The minimum Gasteiger partial charge on any atom is -0.459 e. The Morgan fingerprint density at radius 3 is 2.07 bits per heavy atom. The van der Waals surface area contributed by atoms with Crippen molar-refractivity contribution in [1.29, 1.82) is 0 Å². The molecule has 3 aromatic carbocycles. The van der Waals surface area contributed by atoms with Gasteiger partial charge in [-0.15, -0.1) is 0 Å². The van der Waals surface area contributed by atoms with Gasteiger partial charge in [-0.25, -0.2) is 13.8 Å². The van der Waals surface area contributed by atoms with Gasteiger partial charge in [-0.3, -0.25) is 9.59 Å². The number of amides is 2. The first-order valence-corrected chi connectivity index (χ1v) is 14.6. The summed E-state index contributed by atoms with van der Waals surface area (Å²) >= 11 is 11.8. The molecule has 0 aliphatic rings. The van der Waals surface area contributed by atoms with E-state index in [1.807, 2.05) is 6.92 Å². The average molecular weight is 614 g/mol. The molecule has 0 spiro atoms. The molecule has 4 rings (SSSR count). The number of sulfonamides is 1. The number of furan rings is 1. The average Bonchev–Trinajstić information content (AvgIpc) is 3.40. The molecule has 0 saturated heterocycles. The predicted octanol–water partition coefficient (Wildman–Crippen LogP) is 5.05. The van der Waals surface area contributed by atoms with Crippen LogP contribution in [0.3, 0.4) is 0 Å². The lowest BCUT2D eigenvalue weighted by Crippen LogP contribution is -2.37. The molecule has 0 radical (unpaired) electrons. The molecule has 0 atom stereocenters. The van der Waals surface area contributed by atoms with Gasteiger partial charge in [-0.1, -0.05) is 65.2 Å². The Hall–Kier alpha value is -3.96. The van der Waals surface area contributed by atoms with E-state index in [1.165, 1.54) is 10.5 Å². The topological polar surface area (TPSA) is 121 Å². The maximum atomic E-state index is 13.5. The highest BCUT2D eigenvalue weighted by atomic mass is 35.5. The second kappa shape index (κ2) is 13.6. The van der Waals surface area contributed by atoms with E-state index >= 15 is 0 Å². The summed E-state index contributed by atoms with van der Waals surface area (Å²) in [5.41, 5.74) is 4.59. The molecular weight excluding hydrogens is 587 g/mol. The van der Waals surface area contributed by atoms with Crippen molar-refractivity contribution < 1.29 is 22.4 Å². The monoisotopic (exact) mass is 612 g/mol. The number of benzene rings is 3. The third-order valence-corrected chi connectivity index (χ3v) is 8.19. The van der Waals surface area contributed by atoms with Gasteiger partial charge in [0.15, 0.2) is 0 Å². The first-order valence-electron chi connectivity index (χ1n) is 12.4. The zero-order valence-electron chi connectivity index (χ0n) is 21.9. The van der Waals surface area contributed by atoms with E-state index in [1.54, 1.807) is 84.9 Å². The van der Waals surface area contributed by atoms with Crippen LogP contribution in [0.15, 0.2) is 99.3 Å². The van der Waals surface area contributed by atoms with Crippen molar-refractivity contribution in [3.05, 3.63) is 123 Å². The van der Waals surface area contributed by atoms with E-state index < -0.39 is 21.8 Å². The zero-order chi connectivity index (χ0) is 29.4. The third-order valence-electron chi connectivity index (χ3n) is 5.88. The molecule has 4 aromatic rings. The van der Waals surface area contributed by atoms with Gasteiger partial charge in [0.1, 0.15) is 11.5 Å². The summed E-state index contributed by atoms with van der Waals surface area (Å²) in [5.74, 6) is -1.22. The third kappa shape index (κ3) is 8.51. The smallest absolute Gasteiger partial charge is 0.329 e. The largest absolute Gasteiger partial charge is 0.459 e. The van der Waals surface area contributed by atoms with Crippen LogP contribution in [0.1, 0.15) is 28.2 Å². The molecule has 0 fully saturated rings. The van der Waals surface area contributed by atoms with Gasteiger partial charge in [0.2, 0.25) is 10.0 Å². The molecule has 0 unspecified atom stereocenters. The van der Waals surface area contributed by atoms with Crippen LogP contribution in [0, 0.1) is 6.92 Å². The minimum atomic E-state index is -3.88. The Kier molecular flexibility index (Phi) is 9.95. The molecule has 0 aliphatic heterocycles. The van der Waals surface area contributed by atoms with Crippen LogP contribution in [-0.2, 0) is 39.2 Å². The summed E-state index contributed by atoms with van der Waals surface area (Å²) in [6.07, 6.45) is 1.21. The Balaban J connectivity index is 1.40. The van der Waals surface area contributed by atoms with Crippen molar-refractivity contribution in [1.82, 2.24) is 15.0 Å². The fourth-order valence-electron chi connectivity index (χ4n) is 3.67. The van der Waals surface area contributed by atoms with Gasteiger partial charge in [0, 0.05) is 23.1 Å². The highest BCUT2D eigenvalue weighted by molar-refractivity contribution is 7.89. The second-order valence-corrected chi connectivity index (χ2v) is 11.8. The van der Waals surface area contributed by atoms with E-state index in [4.69, 9.17) is 27.6 Å². The van der Waals surface area contributed by atoms with Gasteiger partial charge in [-0.05, 0) is 66.6 Å². The Labute approximate surface area is 247 Å². The highest BCUT2D eigenvalue weighted by Crippen LogP contribution is 2.23. The molecule has 41 heavy (non-hydrogen) atoms. The maximum absolute atomic E-state index is 13.5. The lowest BCUT2D eigenvalue weighted by molar-refractivity contribution is -0.139. The van der Waals surface area contributed by atoms with E-state index in [2.05, 4.69) is 15.8 Å². The number of carbonyl (C=O) groups is 2.